The molecule has 0 aromatic carbocycles. The minimum Gasteiger partial charge on any atom is -0.317 e. The van der Waals surface area contributed by atoms with Crippen LogP contribution < -0.4 is 5.32 Å². The van der Waals surface area contributed by atoms with E-state index in [9.17, 15) is 4.39 Å². The highest BCUT2D eigenvalue weighted by atomic mass is 19.1. The van der Waals surface area contributed by atoms with E-state index in [2.05, 4.69) is 20.4 Å². The molecule has 20 heavy (non-hydrogen) atoms. The lowest BCUT2D eigenvalue weighted by Crippen LogP contribution is -2.27. The third kappa shape index (κ3) is 1.91. The average molecular weight is 273 g/mol. The molecule has 4 heterocycles. The summed E-state index contributed by atoms with van der Waals surface area (Å²) >= 11 is 0. The first-order valence-corrected chi connectivity index (χ1v) is 7.12. The van der Waals surface area contributed by atoms with Crippen molar-refractivity contribution in [2.24, 2.45) is 0 Å². The first-order chi connectivity index (χ1) is 9.81. The van der Waals surface area contributed by atoms with Gasteiger partial charge in [0, 0.05) is 17.9 Å². The smallest absolute Gasteiger partial charge is 0.158 e. The fraction of sp³-hybridized carbons (Fsp3) is 0.500. The Bertz CT molecular complexity index is 645. The molecule has 0 amide bonds. The molecule has 0 spiro atoms. The van der Waals surface area contributed by atoms with Crippen LogP contribution in [-0.4, -0.2) is 32.8 Å². The molecule has 0 saturated carbocycles. The predicted octanol–water partition coefficient (Wildman–Crippen LogP) is 1.37. The number of hydrogen-bond acceptors (Lipinski definition) is 4. The van der Waals surface area contributed by atoms with Gasteiger partial charge in [0.2, 0.25) is 0 Å². The molecular weight excluding hydrogens is 257 g/mol. The first-order valence-electron chi connectivity index (χ1n) is 7.12. The van der Waals surface area contributed by atoms with Gasteiger partial charge in [-0.05, 0) is 38.4 Å². The summed E-state index contributed by atoms with van der Waals surface area (Å²) in [6, 6.07) is 1.55. The second kappa shape index (κ2) is 4.63. The standard InChI is InChI=1S/C14H16FN5/c15-11-7-10-1-2-12-18-13(9-3-5-16-6-4-9)19-20(12)14(10)17-8-11/h7-9,16H,1-6H2. The van der Waals surface area contributed by atoms with Crippen LogP contribution in [0.15, 0.2) is 12.3 Å². The molecule has 1 N–H and O–H groups in total. The second-order valence-corrected chi connectivity index (χ2v) is 5.46. The number of nitrogens with zero attached hydrogens (tertiary/aromatic N) is 4. The van der Waals surface area contributed by atoms with Gasteiger partial charge in [0.15, 0.2) is 11.6 Å². The minimum atomic E-state index is -0.286. The highest BCUT2D eigenvalue weighted by molar-refractivity contribution is 5.37. The maximum absolute atomic E-state index is 13.3. The second-order valence-electron chi connectivity index (χ2n) is 5.46. The molecule has 4 rings (SSSR count). The highest BCUT2D eigenvalue weighted by Gasteiger charge is 2.25. The SMILES string of the molecule is Fc1cnc2c(c1)CCc1nc(C3CCNCC3)nn1-2. The number of fused-ring (bicyclic) bond motifs is 3. The van der Waals surface area contributed by atoms with Crippen LogP contribution in [0.25, 0.3) is 5.82 Å². The van der Waals surface area contributed by atoms with Crippen molar-refractivity contribution in [2.75, 3.05) is 13.1 Å². The van der Waals surface area contributed by atoms with Gasteiger partial charge in [0.1, 0.15) is 11.6 Å². The topological polar surface area (TPSA) is 55.6 Å². The number of aromatic nitrogens is 4. The van der Waals surface area contributed by atoms with Crippen molar-refractivity contribution < 1.29 is 4.39 Å². The first kappa shape index (κ1) is 12.0. The Balaban J connectivity index is 1.74. The van der Waals surface area contributed by atoms with Crippen LogP contribution in [0, 0.1) is 5.82 Å². The van der Waals surface area contributed by atoms with Crippen LogP contribution in [0.5, 0.6) is 0 Å². The van der Waals surface area contributed by atoms with Crippen molar-refractivity contribution in [3.05, 3.63) is 35.3 Å². The van der Waals surface area contributed by atoms with Gasteiger partial charge in [0.25, 0.3) is 0 Å². The Hall–Kier alpha value is -1.82. The van der Waals surface area contributed by atoms with Crippen LogP contribution in [-0.2, 0) is 12.8 Å². The number of hydrogen-bond donors (Lipinski definition) is 1. The van der Waals surface area contributed by atoms with Gasteiger partial charge in [-0.2, -0.15) is 4.68 Å². The Kier molecular flexibility index (Phi) is 2.77. The van der Waals surface area contributed by atoms with Crippen LogP contribution in [0.1, 0.15) is 36.0 Å². The van der Waals surface area contributed by atoms with Gasteiger partial charge < -0.3 is 5.32 Å². The molecule has 6 heteroatoms. The summed E-state index contributed by atoms with van der Waals surface area (Å²) in [6.07, 6.45) is 4.99. The van der Waals surface area contributed by atoms with E-state index in [-0.39, 0.29) is 5.82 Å². The van der Waals surface area contributed by atoms with Crippen molar-refractivity contribution in [3.63, 3.8) is 0 Å². The van der Waals surface area contributed by atoms with E-state index >= 15 is 0 Å². The molecule has 2 aromatic heterocycles. The van der Waals surface area contributed by atoms with Gasteiger partial charge in [-0.3, -0.25) is 0 Å². The lowest BCUT2D eigenvalue weighted by Gasteiger charge is -2.19. The summed E-state index contributed by atoms with van der Waals surface area (Å²) in [4.78, 5) is 8.88. The monoisotopic (exact) mass is 273 g/mol. The lowest BCUT2D eigenvalue weighted by atomic mass is 9.98. The molecule has 0 radical (unpaired) electrons. The van der Waals surface area contributed by atoms with Gasteiger partial charge in [-0.1, -0.05) is 0 Å². The van der Waals surface area contributed by atoms with Crippen LogP contribution in [0.2, 0.25) is 0 Å². The zero-order valence-electron chi connectivity index (χ0n) is 11.1. The summed E-state index contributed by atoms with van der Waals surface area (Å²) in [6.45, 7) is 2.04. The van der Waals surface area contributed by atoms with Crippen LogP contribution in [0.4, 0.5) is 4.39 Å². The van der Waals surface area contributed by atoms with Crippen LogP contribution in [0.3, 0.4) is 0 Å². The molecule has 104 valence electrons. The molecule has 2 aliphatic heterocycles. The van der Waals surface area contributed by atoms with E-state index < -0.39 is 0 Å². The lowest BCUT2D eigenvalue weighted by molar-refractivity contribution is 0.444. The molecule has 0 bridgehead atoms. The summed E-state index contributed by atoms with van der Waals surface area (Å²) < 4.78 is 15.1. The van der Waals surface area contributed by atoms with E-state index in [1.54, 1.807) is 10.7 Å². The van der Waals surface area contributed by atoms with Crippen molar-refractivity contribution >= 4 is 0 Å². The zero-order valence-corrected chi connectivity index (χ0v) is 11.1. The predicted molar refractivity (Wildman–Crippen MR) is 71.4 cm³/mol. The molecule has 0 aliphatic carbocycles. The van der Waals surface area contributed by atoms with E-state index in [0.29, 0.717) is 5.92 Å². The summed E-state index contributed by atoms with van der Waals surface area (Å²) in [5, 5.41) is 7.99. The third-order valence-electron chi connectivity index (χ3n) is 4.12. The Labute approximate surface area is 116 Å². The van der Waals surface area contributed by atoms with Gasteiger partial charge in [-0.15, -0.1) is 5.10 Å². The quantitative estimate of drug-likeness (QED) is 0.852. The molecule has 5 nitrogen and oxygen atoms in total. The molecule has 0 unspecified atom stereocenters. The largest absolute Gasteiger partial charge is 0.317 e. The normalized spacial score (nSPS) is 18.6. The number of rotatable bonds is 1. The van der Waals surface area contributed by atoms with Crippen molar-refractivity contribution in [3.8, 4) is 5.82 Å². The molecule has 1 saturated heterocycles. The van der Waals surface area contributed by atoms with Crippen molar-refractivity contribution in [1.29, 1.82) is 0 Å². The van der Waals surface area contributed by atoms with E-state index in [1.807, 2.05) is 0 Å². The van der Waals surface area contributed by atoms with Gasteiger partial charge in [-0.25, -0.2) is 14.4 Å². The molecule has 2 aromatic rings. The molecule has 2 aliphatic rings. The van der Waals surface area contributed by atoms with Gasteiger partial charge >= 0.3 is 0 Å². The summed E-state index contributed by atoms with van der Waals surface area (Å²) in [5.41, 5.74) is 0.916. The number of piperidine rings is 1. The molecular formula is C14H16FN5. The molecule has 1 fully saturated rings. The van der Waals surface area contributed by atoms with Crippen molar-refractivity contribution in [1.82, 2.24) is 25.1 Å². The maximum atomic E-state index is 13.3. The van der Waals surface area contributed by atoms with Crippen LogP contribution >= 0.6 is 0 Å². The summed E-state index contributed by atoms with van der Waals surface area (Å²) in [5.74, 6) is 2.75. The minimum absolute atomic E-state index is 0.286. The summed E-state index contributed by atoms with van der Waals surface area (Å²) in [7, 11) is 0. The Morgan fingerprint density at radius 2 is 2.10 bits per heavy atom. The zero-order chi connectivity index (χ0) is 13.5. The number of aryl methyl sites for hydroxylation is 2. The van der Waals surface area contributed by atoms with E-state index in [4.69, 9.17) is 0 Å². The fourth-order valence-corrected chi connectivity index (χ4v) is 3.04. The highest BCUT2D eigenvalue weighted by Crippen LogP contribution is 2.27. The number of pyridine rings is 1. The van der Waals surface area contributed by atoms with Crippen molar-refractivity contribution in [2.45, 2.75) is 31.6 Å². The Morgan fingerprint density at radius 3 is 2.95 bits per heavy atom. The van der Waals surface area contributed by atoms with Gasteiger partial charge in [0.05, 0.1) is 6.20 Å². The average Bonchev–Trinajstić information content (AvgIpc) is 2.92. The molecule has 0 atom stereocenters. The maximum Gasteiger partial charge on any atom is 0.158 e. The van der Waals surface area contributed by atoms with E-state index in [1.165, 1.54) is 6.20 Å². The number of halogens is 1. The number of nitrogens with one attached hydrogen (secondary N) is 1. The Morgan fingerprint density at radius 1 is 1.25 bits per heavy atom. The van der Waals surface area contributed by atoms with E-state index in [0.717, 1.165) is 61.8 Å². The third-order valence-corrected chi connectivity index (χ3v) is 4.12. The fourth-order valence-electron chi connectivity index (χ4n) is 3.04.